The van der Waals surface area contributed by atoms with E-state index in [9.17, 15) is 8.78 Å². The molecule has 16 heavy (non-hydrogen) atoms. The van der Waals surface area contributed by atoms with Gasteiger partial charge in [-0.3, -0.25) is 0 Å². The van der Waals surface area contributed by atoms with E-state index in [1.165, 1.54) is 5.56 Å². The van der Waals surface area contributed by atoms with Gasteiger partial charge in [-0.2, -0.15) is 0 Å². The normalized spacial score (nSPS) is 35.6. The largest absolute Gasteiger partial charge is 0.319 e. The number of hydrogen-bond donors (Lipinski definition) is 1. The van der Waals surface area contributed by atoms with Crippen LogP contribution in [0.15, 0.2) is 24.3 Å². The molecule has 3 heteroatoms. The molecule has 3 rings (SSSR count). The molecule has 1 fully saturated rings. The fourth-order valence-electron chi connectivity index (χ4n) is 2.99. The Kier molecular flexibility index (Phi) is 1.94. The van der Waals surface area contributed by atoms with Crippen LogP contribution in [0, 0.1) is 0 Å². The standard InChI is InChI=1S/C13H15F2N/c14-13(15)8-12(13,16)11-7-3-5-9-4-1-2-6-10(9)11/h1-2,4,6,11H,3,5,7-8,16H2. The van der Waals surface area contributed by atoms with Crippen molar-refractivity contribution in [2.24, 2.45) is 5.73 Å². The van der Waals surface area contributed by atoms with E-state index in [-0.39, 0.29) is 12.3 Å². The molecule has 0 amide bonds. The quantitative estimate of drug-likeness (QED) is 0.778. The van der Waals surface area contributed by atoms with Crippen LogP contribution in [0.5, 0.6) is 0 Å². The van der Waals surface area contributed by atoms with E-state index in [1.54, 1.807) is 0 Å². The number of nitrogens with two attached hydrogens (primary N) is 1. The topological polar surface area (TPSA) is 26.0 Å². The van der Waals surface area contributed by atoms with E-state index in [1.807, 2.05) is 24.3 Å². The van der Waals surface area contributed by atoms with Gasteiger partial charge in [0.2, 0.25) is 0 Å². The van der Waals surface area contributed by atoms with E-state index >= 15 is 0 Å². The maximum Gasteiger partial charge on any atom is 0.268 e. The summed E-state index contributed by atoms with van der Waals surface area (Å²) in [5.41, 5.74) is 6.84. The van der Waals surface area contributed by atoms with Gasteiger partial charge in [0.15, 0.2) is 0 Å². The number of hydrogen-bond acceptors (Lipinski definition) is 1. The Hall–Kier alpha value is -0.960. The van der Waals surface area contributed by atoms with Crippen molar-refractivity contribution < 1.29 is 8.78 Å². The van der Waals surface area contributed by atoms with E-state index in [2.05, 4.69) is 0 Å². The maximum absolute atomic E-state index is 13.3. The molecule has 0 radical (unpaired) electrons. The molecule has 2 aliphatic rings. The van der Waals surface area contributed by atoms with Gasteiger partial charge in [0, 0.05) is 12.3 Å². The lowest BCUT2D eigenvalue weighted by Gasteiger charge is -2.30. The van der Waals surface area contributed by atoms with Gasteiger partial charge in [-0.25, -0.2) is 8.78 Å². The number of fused-ring (bicyclic) bond motifs is 1. The van der Waals surface area contributed by atoms with E-state index < -0.39 is 11.5 Å². The van der Waals surface area contributed by atoms with Crippen molar-refractivity contribution in [1.29, 1.82) is 0 Å². The van der Waals surface area contributed by atoms with Gasteiger partial charge in [0.1, 0.15) is 0 Å². The van der Waals surface area contributed by atoms with Crippen molar-refractivity contribution in [1.82, 2.24) is 0 Å². The van der Waals surface area contributed by atoms with Crippen LogP contribution >= 0.6 is 0 Å². The second kappa shape index (κ2) is 3.04. The Balaban J connectivity index is 2.00. The molecule has 1 saturated carbocycles. The highest BCUT2D eigenvalue weighted by atomic mass is 19.3. The van der Waals surface area contributed by atoms with E-state index in [0.29, 0.717) is 0 Å². The number of benzene rings is 1. The van der Waals surface area contributed by atoms with E-state index in [0.717, 1.165) is 24.8 Å². The third kappa shape index (κ3) is 1.24. The summed E-state index contributed by atoms with van der Waals surface area (Å²) < 4.78 is 26.7. The average molecular weight is 223 g/mol. The predicted molar refractivity (Wildman–Crippen MR) is 58.6 cm³/mol. The van der Waals surface area contributed by atoms with Crippen molar-refractivity contribution in [2.75, 3.05) is 0 Å². The molecular formula is C13H15F2N. The Morgan fingerprint density at radius 2 is 1.94 bits per heavy atom. The first-order valence-electron chi connectivity index (χ1n) is 5.79. The third-order valence-corrected chi connectivity index (χ3v) is 4.06. The number of alkyl halides is 2. The summed E-state index contributed by atoms with van der Waals surface area (Å²) in [7, 11) is 0. The minimum atomic E-state index is -2.66. The van der Waals surface area contributed by atoms with Crippen LogP contribution in [0.3, 0.4) is 0 Å². The van der Waals surface area contributed by atoms with Gasteiger partial charge in [0.05, 0.1) is 5.54 Å². The fraction of sp³-hybridized carbons (Fsp3) is 0.538. The molecule has 0 bridgehead atoms. The Labute approximate surface area is 93.6 Å². The number of rotatable bonds is 1. The Morgan fingerprint density at radius 3 is 2.62 bits per heavy atom. The predicted octanol–water partition coefficient (Wildman–Crippen LogP) is 2.84. The lowest BCUT2D eigenvalue weighted by Crippen LogP contribution is -2.38. The average Bonchev–Trinajstić information content (AvgIpc) is 2.78. The zero-order valence-corrected chi connectivity index (χ0v) is 9.05. The highest BCUT2D eigenvalue weighted by Crippen LogP contribution is 2.60. The number of halogens is 2. The highest BCUT2D eigenvalue weighted by molar-refractivity contribution is 5.39. The molecule has 2 atom stereocenters. The summed E-state index contributed by atoms with van der Waals surface area (Å²) in [6.45, 7) is 0. The SMILES string of the molecule is NC1(C2CCCc3ccccc32)CC1(F)F. The summed E-state index contributed by atoms with van der Waals surface area (Å²) >= 11 is 0. The molecule has 1 nitrogen and oxygen atoms in total. The van der Waals surface area contributed by atoms with Gasteiger partial charge < -0.3 is 5.73 Å². The summed E-state index contributed by atoms with van der Waals surface area (Å²) in [6, 6.07) is 7.88. The monoisotopic (exact) mass is 223 g/mol. The van der Waals surface area contributed by atoms with Crippen LogP contribution in [0.2, 0.25) is 0 Å². The van der Waals surface area contributed by atoms with Crippen LogP contribution in [0.25, 0.3) is 0 Å². The summed E-state index contributed by atoms with van der Waals surface area (Å²) in [6.07, 6.45) is 2.60. The fourth-order valence-corrected chi connectivity index (χ4v) is 2.99. The van der Waals surface area contributed by atoms with Crippen LogP contribution < -0.4 is 5.73 Å². The smallest absolute Gasteiger partial charge is 0.268 e. The first-order chi connectivity index (χ1) is 7.55. The van der Waals surface area contributed by atoms with Crippen LogP contribution in [0.1, 0.15) is 36.3 Å². The molecular weight excluding hydrogens is 208 g/mol. The zero-order valence-electron chi connectivity index (χ0n) is 9.05. The minimum absolute atomic E-state index is 0.154. The molecule has 0 aromatic heterocycles. The molecule has 0 saturated heterocycles. The molecule has 2 N–H and O–H groups in total. The second-order valence-electron chi connectivity index (χ2n) is 5.07. The summed E-state index contributed by atoms with van der Waals surface area (Å²) in [5.74, 6) is -2.82. The van der Waals surface area contributed by atoms with Gasteiger partial charge >= 0.3 is 0 Å². The summed E-state index contributed by atoms with van der Waals surface area (Å²) in [5, 5.41) is 0. The Bertz CT molecular complexity index is 430. The molecule has 86 valence electrons. The van der Waals surface area contributed by atoms with Crippen molar-refractivity contribution in [3.05, 3.63) is 35.4 Å². The van der Waals surface area contributed by atoms with Gasteiger partial charge in [-0.05, 0) is 30.4 Å². The van der Waals surface area contributed by atoms with Gasteiger partial charge in [-0.1, -0.05) is 24.3 Å². The van der Waals surface area contributed by atoms with Gasteiger partial charge in [0.25, 0.3) is 5.92 Å². The van der Waals surface area contributed by atoms with Gasteiger partial charge in [-0.15, -0.1) is 0 Å². The molecule has 1 aromatic rings. The molecule has 2 unspecified atom stereocenters. The first kappa shape index (κ1) is 10.2. The van der Waals surface area contributed by atoms with Crippen LogP contribution in [-0.2, 0) is 6.42 Å². The molecule has 0 heterocycles. The Morgan fingerprint density at radius 1 is 1.25 bits per heavy atom. The lowest BCUT2D eigenvalue weighted by atomic mass is 9.77. The summed E-state index contributed by atoms with van der Waals surface area (Å²) in [4.78, 5) is 0. The first-order valence-corrected chi connectivity index (χ1v) is 5.79. The highest BCUT2D eigenvalue weighted by Gasteiger charge is 2.72. The third-order valence-electron chi connectivity index (χ3n) is 4.06. The van der Waals surface area contributed by atoms with E-state index in [4.69, 9.17) is 5.73 Å². The lowest BCUT2D eigenvalue weighted by molar-refractivity contribution is 0.0800. The van der Waals surface area contributed by atoms with Crippen molar-refractivity contribution in [2.45, 2.75) is 43.1 Å². The molecule has 2 aliphatic carbocycles. The van der Waals surface area contributed by atoms with Crippen molar-refractivity contribution >= 4 is 0 Å². The minimum Gasteiger partial charge on any atom is -0.319 e. The maximum atomic E-state index is 13.3. The molecule has 0 spiro atoms. The molecule has 1 aromatic carbocycles. The second-order valence-corrected chi connectivity index (χ2v) is 5.07. The number of aryl methyl sites for hydroxylation is 1. The zero-order chi connectivity index (χ0) is 11.4. The van der Waals surface area contributed by atoms with Crippen molar-refractivity contribution in [3.63, 3.8) is 0 Å². The van der Waals surface area contributed by atoms with Crippen LogP contribution in [0.4, 0.5) is 8.78 Å². The molecule has 0 aliphatic heterocycles. The van der Waals surface area contributed by atoms with Crippen LogP contribution in [-0.4, -0.2) is 11.5 Å². The van der Waals surface area contributed by atoms with Crippen molar-refractivity contribution in [3.8, 4) is 0 Å².